The molecule has 4 heterocycles. The number of nitrogens with one attached hydrogen (secondary N) is 1. The molecule has 0 aliphatic carbocycles. The molecule has 0 radical (unpaired) electrons. The summed E-state index contributed by atoms with van der Waals surface area (Å²) in [5, 5.41) is 9.71. The van der Waals surface area contributed by atoms with Gasteiger partial charge in [0.1, 0.15) is 0 Å². The molecular weight excluding hydrogens is 426 g/mol. The van der Waals surface area contributed by atoms with Gasteiger partial charge in [-0.2, -0.15) is 0 Å². The number of nitrogens with zero attached hydrogens (tertiary/aromatic N) is 2. The Kier molecular flexibility index (Phi) is 6.74. The molecule has 32 heavy (non-hydrogen) atoms. The molecule has 0 aromatic carbocycles. The fraction of sp³-hybridized carbons (Fsp3) is 0.417. The van der Waals surface area contributed by atoms with Crippen molar-refractivity contribution in [3.8, 4) is 11.4 Å². The maximum absolute atomic E-state index is 11.8. The van der Waals surface area contributed by atoms with E-state index in [2.05, 4.69) is 21.0 Å². The van der Waals surface area contributed by atoms with Crippen LogP contribution in [0.2, 0.25) is 0 Å². The van der Waals surface area contributed by atoms with Gasteiger partial charge in [0.25, 0.3) is 0 Å². The quantitative estimate of drug-likeness (QED) is 0.560. The van der Waals surface area contributed by atoms with Gasteiger partial charge in [0, 0.05) is 49.2 Å². The highest BCUT2D eigenvalue weighted by Crippen LogP contribution is 2.34. The molecular formula is C24H29N3O4S. The number of aromatic nitrogens is 3. The average Bonchev–Trinajstić information content (AvgIpc) is 3.28. The molecule has 7 nitrogen and oxygen atoms in total. The van der Waals surface area contributed by atoms with Gasteiger partial charge in [-0.05, 0) is 68.0 Å². The average molecular weight is 456 g/mol. The van der Waals surface area contributed by atoms with E-state index < -0.39 is 15.9 Å². The van der Waals surface area contributed by atoms with E-state index in [9.17, 15) is 13.5 Å². The lowest BCUT2D eigenvalue weighted by Crippen LogP contribution is -2.19. The monoisotopic (exact) mass is 455 g/mol. The first-order valence-electron chi connectivity index (χ1n) is 10.9. The molecule has 1 fully saturated rings. The van der Waals surface area contributed by atoms with E-state index in [-0.39, 0.29) is 10.8 Å². The van der Waals surface area contributed by atoms with Crippen LogP contribution in [0.4, 0.5) is 0 Å². The lowest BCUT2D eigenvalue weighted by molar-refractivity contribution is 0.0625. The van der Waals surface area contributed by atoms with Crippen molar-refractivity contribution in [3.63, 3.8) is 0 Å². The molecule has 1 saturated heterocycles. The number of H-pyrrole nitrogens is 1. The van der Waals surface area contributed by atoms with Crippen LogP contribution in [-0.2, 0) is 14.6 Å². The van der Waals surface area contributed by atoms with E-state index in [0.29, 0.717) is 5.92 Å². The zero-order valence-corrected chi connectivity index (χ0v) is 19.2. The first-order valence-corrected chi connectivity index (χ1v) is 12.8. The fourth-order valence-corrected chi connectivity index (χ4v) is 4.68. The number of hydrogen-bond acceptors (Lipinski definition) is 6. The molecule has 0 bridgehead atoms. The van der Waals surface area contributed by atoms with E-state index in [1.54, 1.807) is 19.2 Å². The molecule has 3 aromatic rings. The van der Waals surface area contributed by atoms with E-state index in [1.165, 1.54) is 12.5 Å². The Morgan fingerprint density at radius 2 is 1.88 bits per heavy atom. The van der Waals surface area contributed by atoms with E-state index in [0.717, 1.165) is 60.8 Å². The summed E-state index contributed by atoms with van der Waals surface area (Å²) in [6, 6.07) is 11.3. The number of aromatic amines is 1. The molecule has 0 amide bonds. The molecule has 3 aromatic heterocycles. The number of rotatable bonds is 7. The van der Waals surface area contributed by atoms with Crippen LogP contribution in [-0.4, -0.2) is 47.9 Å². The van der Waals surface area contributed by atoms with Crippen molar-refractivity contribution in [3.05, 3.63) is 65.7 Å². The topological polar surface area (TPSA) is 105 Å². The summed E-state index contributed by atoms with van der Waals surface area (Å²) < 4.78 is 29.2. The molecule has 0 saturated carbocycles. The van der Waals surface area contributed by atoms with Crippen LogP contribution in [0, 0.1) is 5.92 Å². The number of ether oxygens (including phenoxy) is 1. The summed E-state index contributed by atoms with van der Waals surface area (Å²) in [6.07, 6.45) is 6.69. The number of aliphatic hydroxyl groups excluding tert-OH is 1. The van der Waals surface area contributed by atoms with Gasteiger partial charge in [0.05, 0.1) is 22.4 Å². The van der Waals surface area contributed by atoms with E-state index in [1.807, 2.05) is 24.3 Å². The first-order chi connectivity index (χ1) is 15.3. The minimum Gasteiger partial charge on any atom is -0.389 e. The molecule has 4 rings (SSSR count). The van der Waals surface area contributed by atoms with E-state index >= 15 is 0 Å². The van der Waals surface area contributed by atoms with Crippen molar-refractivity contribution in [2.45, 2.75) is 43.1 Å². The highest BCUT2D eigenvalue weighted by atomic mass is 32.2. The van der Waals surface area contributed by atoms with Gasteiger partial charge < -0.3 is 14.8 Å². The number of aliphatic hydroxyl groups is 1. The molecule has 2 N–H and O–H groups in total. The van der Waals surface area contributed by atoms with Gasteiger partial charge in [0.2, 0.25) is 0 Å². The first kappa shape index (κ1) is 22.6. The zero-order valence-electron chi connectivity index (χ0n) is 18.4. The Morgan fingerprint density at radius 3 is 2.47 bits per heavy atom. The third-order valence-electron chi connectivity index (χ3n) is 6.08. The number of sulfone groups is 1. The predicted molar refractivity (Wildman–Crippen MR) is 122 cm³/mol. The normalized spacial score (nSPS) is 17.2. The van der Waals surface area contributed by atoms with Crippen molar-refractivity contribution in [1.82, 2.24) is 15.0 Å². The lowest BCUT2D eigenvalue weighted by atomic mass is 9.85. The second kappa shape index (κ2) is 9.52. The van der Waals surface area contributed by atoms with Gasteiger partial charge in [-0.3, -0.25) is 9.97 Å². The molecule has 2 unspecified atom stereocenters. The maximum atomic E-state index is 11.8. The Balaban J connectivity index is 1.64. The highest BCUT2D eigenvalue weighted by molar-refractivity contribution is 7.90. The number of pyridine rings is 2. The third-order valence-corrected chi connectivity index (χ3v) is 7.18. The summed E-state index contributed by atoms with van der Waals surface area (Å²) in [7, 11) is -3.29. The molecule has 1 aliphatic rings. The Hall–Kier alpha value is -2.55. The van der Waals surface area contributed by atoms with Crippen molar-refractivity contribution in [1.29, 1.82) is 0 Å². The van der Waals surface area contributed by atoms with Gasteiger partial charge in [-0.15, -0.1) is 0 Å². The van der Waals surface area contributed by atoms with Gasteiger partial charge in [-0.25, -0.2) is 8.42 Å². The molecule has 1 aliphatic heterocycles. The van der Waals surface area contributed by atoms with Gasteiger partial charge >= 0.3 is 0 Å². The van der Waals surface area contributed by atoms with Crippen LogP contribution in [0.15, 0.2) is 53.7 Å². The van der Waals surface area contributed by atoms with Crippen LogP contribution < -0.4 is 0 Å². The SMILES string of the molecule is CC(O)c1ccc(-c2ccc(C(CC3CCOCC3)c3ccc(S(C)(=O)=O)cn3)[nH]2)nc1. The predicted octanol–water partition coefficient (Wildman–Crippen LogP) is 3.88. The Bertz CT molecular complexity index is 1130. The smallest absolute Gasteiger partial charge is 0.177 e. The summed E-state index contributed by atoms with van der Waals surface area (Å²) in [5.74, 6) is 0.525. The van der Waals surface area contributed by atoms with Crippen molar-refractivity contribution >= 4 is 9.84 Å². The second-order valence-corrected chi connectivity index (χ2v) is 10.5. The second-order valence-electron chi connectivity index (χ2n) is 8.52. The molecule has 170 valence electrons. The van der Waals surface area contributed by atoms with E-state index in [4.69, 9.17) is 4.74 Å². The fourth-order valence-electron chi connectivity index (χ4n) is 4.12. The van der Waals surface area contributed by atoms with Crippen molar-refractivity contribution in [2.24, 2.45) is 5.92 Å². The van der Waals surface area contributed by atoms with Crippen molar-refractivity contribution in [2.75, 3.05) is 19.5 Å². The van der Waals surface area contributed by atoms with Gasteiger partial charge in [0.15, 0.2) is 9.84 Å². The Labute approximate surface area is 188 Å². The highest BCUT2D eigenvalue weighted by Gasteiger charge is 2.25. The summed E-state index contributed by atoms with van der Waals surface area (Å²) in [5.41, 5.74) is 4.32. The molecule has 2 atom stereocenters. The zero-order chi connectivity index (χ0) is 22.7. The third kappa shape index (κ3) is 5.26. The molecule has 8 heteroatoms. The standard InChI is InChI=1S/C24H29N3O4S/c1-16(28)18-3-5-23(25-14-18)24-8-7-22(27-24)20(13-17-9-11-31-12-10-17)21-6-4-19(15-26-21)32(2,29)30/h3-8,14-17,20,27-28H,9-13H2,1-2H3. The van der Waals surface area contributed by atoms with Crippen LogP contribution in [0.25, 0.3) is 11.4 Å². The number of hydrogen-bond donors (Lipinski definition) is 2. The lowest BCUT2D eigenvalue weighted by Gasteiger charge is -2.26. The van der Waals surface area contributed by atoms with Crippen LogP contribution in [0.5, 0.6) is 0 Å². The van der Waals surface area contributed by atoms with Crippen molar-refractivity contribution < 1.29 is 18.3 Å². The largest absolute Gasteiger partial charge is 0.389 e. The maximum Gasteiger partial charge on any atom is 0.177 e. The van der Waals surface area contributed by atoms with Crippen LogP contribution in [0.3, 0.4) is 0 Å². The summed E-state index contributed by atoms with van der Waals surface area (Å²) in [6.45, 7) is 3.26. The summed E-state index contributed by atoms with van der Waals surface area (Å²) in [4.78, 5) is 12.7. The molecule has 0 spiro atoms. The Morgan fingerprint density at radius 1 is 1.09 bits per heavy atom. The minimum absolute atomic E-state index is 0.0113. The van der Waals surface area contributed by atoms with Gasteiger partial charge in [-0.1, -0.05) is 6.07 Å². The van der Waals surface area contributed by atoms with Crippen LogP contribution in [0.1, 0.15) is 55.2 Å². The summed E-state index contributed by atoms with van der Waals surface area (Å²) >= 11 is 0. The minimum atomic E-state index is -3.29. The van der Waals surface area contributed by atoms with Crippen LogP contribution >= 0.6 is 0 Å².